The Bertz CT molecular complexity index is 1200. The first-order chi connectivity index (χ1) is 14.3. The molecule has 0 aliphatic carbocycles. The number of alkyl halides is 3. The van der Waals surface area contributed by atoms with Crippen LogP contribution in [-0.2, 0) is 6.18 Å². The Labute approximate surface area is 170 Å². The molecule has 1 aromatic heterocycles. The lowest BCUT2D eigenvalue weighted by Gasteiger charge is -2.17. The molecule has 3 aromatic carbocycles. The minimum absolute atomic E-state index is 0.253. The van der Waals surface area contributed by atoms with E-state index in [4.69, 9.17) is 0 Å². The highest BCUT2D eigenvalue weighted by Gasteiger charge is 2.33. The Kier molecular flexibility index (Phi) is 5.03. The van der Waals surface area contributed by atoms with Gasteiger partial charge in [0.15, 0.2) is 0 Å². The van der Waals surface area contributed by atoms with Gasteiger partial charge in [0.25, 0.3) is 0 Å². The molecular weight excluding hydrogens is 393 g/mol. The van der Waals surface area contributed by atoms with Gasteiger partial charge in [-0.1, -0.05) is 66.7 Å². The maximum atomic E-state index is 13.3. The molecule has 0 amide bonds. The topological polar surface area (TPSA) is 58.9 Å². The van der Waals surface area contributed by atoms with E-state index in [1.807, 2.05) is 54.6 Å². The summed E-state index contributed by atoms with van der Waals surface area (Å²) < 4.78 is 39.9. The van der Waals surface area contributed by atoms with E-state index in [0.717, 1.165) is 28.6 Å². The zero-order chi connectivity index (χ0) is 21.3. The quantitative estimate of drug-likeness (QED) is 0.312. The number of rotatable bonds is 5. The van der Waals surface area contributed by atoms with Gasteiger partial charge in [0.05, 0.1) is 17.2 Å². The first-order valence-corrected chi connectivity index (χ1v) is 9.29. The van der Waals surface area contributed by atoms with E-state index < -0.39 is 29.1 Å². The van der Waals surface area contributed by atoms with E-state index in [1.165, 1.54) is 12.1 Å². The second kappa shape index (κ2) is 7.67. The number of nitrogens with zero attached hydrogens (tertiary/aromatic N) is 1. The van der Waals surface area contributed by atoms with E-state index in [9.17, 15) is 23.3 Å². The molecule has 0 aliphatic rings. The van der Waals surface area contributed by atoms with Crippen LogP contribution in [0.1, 0.15) is 22.6 Å². The van der Waals surface area contributed by atoms with Crippen LogP contribution in [0, 0.1) is 10.1 Å². The van der Waals surface area contributed by atoms with Crippen LogP contribution in [0.4, 0.5) is 13.2 Å². The van der Waals surface area contributed by atoms with Gasteiger partial charge in [-0.2, -0.15) is 13.2 Å². The van der Waals surface area contributed by atoms with E-state index in [1.54, 1.807) is 0 Å². The summed E-state index contributed by atoms with van der Waals surface area (Å²) in [7, 11) is 0. The van der Waals surface area contributed by atoms with Crippen molar-refractivity contribution in [3.05, 3.63) is 106 Å². The summed E-state index contributed by atoms with van der Waals surface area (Å²) in [5.41, 5.74) is 2.29. The maximum Gasteiger partial charge on any atom is 0.416 e. The molecule has 30 heavy (non-hydrogen) atoms. The Hall–Kier alpha value is -3.61. The van der Waals surface area contributed by atoms with Gasteiger partial charge in [-0.25, -0.2) is 0 Å². The van der Waals surface area contributed by atoms with Crippen LogP contribution in [0.25, 0.3) is 22.2 Å². The molecule has 0 saturated carbocycles. The highest BCUT2D eigenvalue weighted by atomic mass is 19.4. The molecule has 1 N–H and O–H groups in total. The predicted molar refractivity (Wildman–Crippen MR) is 109 cm³/mol. The average molecular weight is 410 g/mol. The monoisotopic (exact) mass is 410 g/mol. The second-order valence-corrected chi connectivity index (χ2v) is 7.02. The van der Waals surface area contributed by atoms with Gasteiger partial charge < -0.3 is 4.98 Å². The molecule has 0 spiro atoms. The summed E-state index contributed by atoms with van der Waals surface area (Å²) >= 11 is 0. The summed E-state index contributed by atoms with van der Waals surface area (Å²) in [5.74, 6) is -0.853. The van der Waals surface area contributed by atoms with Crippen LogP contribution < -0.4 is 0 Å². The molecule has 0 aliphatic heterocycles. The van der Waals surface area contributed by atoms with E-state index in [-0.39, 0.29) is 5.56 Å². The number of H-pyrrole nitrogens is 1. The molecule has 152 valence electrons. The van der Waals surface area contributed by atoms with Crippen molar-refractivity contribution in [1.82, 2.24) is 4.98 Å². The van der Waals surface area contributed by atoms with E-state index >= 15 is 0 Å². The number of hydrogen-bond acceptors (Lipinski definition) is 2. The number of halogens is 3. The first-order valence-electron chi connectivity index (χ1n) is 9.29. The number of nitro groups is 1. The van der Waals surface area contributed by atoms with Crippen LogP contribution in [0.15, 0.2) is 78.9 Å². The zero-order valence-corrected chi connectivity index (χ0v) is 15.7. The molecule has 1 heterocycles. The number of benzene rings is 3. The third kappa shape index (κ3) is 3.78. The van der Waals surface area contributed by atoms with Crippen LogP contribution >= 0.6 is 0 Å². The molecular formula is C23H17F3N2O2. The Morgan fingerprint density at radius 3 is 2.33 bits per heavy atom. The highest BCUT2D eigenvalue weighted by molar-refractivity contribution is 5.92. The van der Waals surface area contributed by atoms with Crippen molar-refractivity contribution in [2.45, 2.75) is 12.1 Å². The number of para-hydroxylation sites is 1. The van der Waals surface area contributed by atoms with Gasteiger partial charge in [0.2, 0.25) is 6.54 Å². The largest absolute Gasteiger partial charge is 0.416 e. The summed E-state index contributed by atoms with van der Waals surface area (Å²) in [5, 5.41) is 12.3. The summed E-state index contributed by atoms with van der Waals surface area (Å²) in [6.45, 7) is -0.525. The molecule has 4 aromatic rings. The lowest BCUT2D eigenvalue weighted by molar-refractivity contribution is -0.481. The van der Waals surface area contributed by atoms with Crippen molar-refractivity contribution >= 4 is 10.9 Å². The van der Waals surface area contributed by atoms with Gasteiger partial charge >= 0.3 is 6.18 Å². The maximum absolute atomic E-state index is 13.3. The Morgan fingerprint density at radius 2 is 1.63 bits per heavy atom. The fourth-order valence-electron chi connectivity index (χ4n) is 3.80. The van der Waals surface area contributed by atoms with Crippen molar-refractivity contribution in [2.24, 2.45) is 0 Å². The average Bonchev–Trinajstić information content (AvgIpc) is 3.11. The minimum atomic E-state index is -4.53. The molecule has 4 nitrogen and oxygen atoms in total. The van der Waals surface area contributed by atoms with Crippen LogP contribution in [-0.4, -0.2) is 16.5 Å². The van der Waals surface area contributed by atoms with E-state index in [2.05, 4.69) is 4.98 Å². The highest BCUT2D eigenvalue weighted by Crippen LogP contribution is 2.40. The number of aromatic amines is 1. The molecule has 4 rings (SSSR count). The first kappa shape index (κ1) is 19.7. The molecule has 0 saturated heterocycles. The van der Waals surface area contributed by atoms with Crippen LogP contribution in [0.2, 0.25) is 0 Å². The second-order valence-electron chi connectivity index (χ2n) is 7.02. The minimum Gasteiger partial charge on any atom is -0.354 e. The molecule has 0 radical (unpaired) electrons. The van der Waals surface area contributed by atoms with Gasteiger partial charge in [-0.05, 0) is 28.8 Å². The smallest absolute Gasteiger partial charge is 0.354 e. The third-order valence-corrected chi connectivity index (χ3v) is 5.11. The van der Waals surface area contributed by atoms with Gasteiger partial charge in [0.1, 0.15) is 0 Å². The zero-order valence-electron chi connectivity index (χ0n) is 15.7. The third-order valence-electron chi connectivity index (χ3n) is 5.11. The van der Waals surface area contributed by atoms with Crippen molar-refractivity contribution in [1.29, 1.82) is 0 Å². The van der Waals surface area contributed by atoms with Crippen molar-refractivity contribution in [2.75, 3.05) is 6.54 Å². The lowest BCUT2D eigenvalue weighted by Crippen LogP contribution is -2.16. The lowest BCUT2D eigenvalue weighted by atomic mass is 9.87. The van der Waals surface area contributed by atoms with E-state index in [0.29, 0.717) is 11.3 Å². The van der Waals surface area contributed by atoms with Crippen LogP contribution in [0.3, 0.4) is 0 Å². The normalized spacial score (nSPS) is 12.8. The summed E-state index contributed by atoms with van der Waals surface area (Å²) in [6, 6.07) is 21.4. The molecule has 7 heteroatoms. The van der Waals surface area contributed by atoms with Gasteiger partial charge in [-0.3, -0.25) is 10.1 Å². The van der Waals surface area contributed by atoms with Gasteiger partial charge in [0, 0.05) is 15.8 Å². The Balaban J connectivity index is 1.98. The SMILES string of the molecule is O=[N+]([O-])CC(c1cccc(C(F)(F)F)c1)c1c(-c2ccccc2)[nH]c2ccccc12. The molecule has 0 bridgehead atoms. The number of fused-ring (bicyclic) bond motifs is 1. The standard InChI is InChI=1S/C23H17F3N2O2/c24-23(25,26)17-10-6-9-16(13-17)19(14-28(29)30)21-18-11-4-5-12-20(18)27-22(21)15-7-2-1-3-8-15/h1-13,19,27H,14H2. The molecule has 1 atom stereocenters. The fourth-order valence-corrected chi connectivity index (χ4v) is 3.80. The van der Waals surface area contributed by atoms with Gasteiger partial charge in [-0.15, -0.1) is 0 Å². The summed E-state index contributed by atoms with van der Waals surface area (Å²) in [6.07, 6.45) is -4.53. The van der Waals surface area contributed by atoms with Crippen LogP contribution in [0.5, 0.6) is 0 Å². The molecule has 1 unspecified atom stereocenters. The van der Waals surface area contributed by atoms with Crippen molar-refractivity contribution in [3.8, 4) is 11.3 Å². The van der Waals surface area contributed by atoms with Crippen molar-refractivity contribution < 1.29 is 18.1 Å². The predicted octanol–water partition coefficient (Wildman–Crippen LogP) is 6.26. The Morgan fingerprint density at radius 1 is 0.933 bits per heavy atom. The molecule has 0 fully saturated rings. The fraction of sp³-hybridized carbons (Fsp3) is 0.130. The number of aromatic nitrogens is 1. The van der Waals surface area contributed by atoms with Crippen molar-refractivity contribution in [3.63, 3.8) is 0 Å². The number of hydrogen-bond donors (Lipinski definition) is 1. The number of nitrogens with one attached hydrogen (secondary N) is 1. The summed E-state index contributed by atoms with van der Waals surface area (Å²) in [4.78, 5) is 14.3.